The summed E-state index contributed by atoms with van der Waals surface area (Å²) in [5.41, 5.74) is 6.57. The number of benzene rings is 1. The average molecular weight is 558 g/mol. The third-order valence-electron chi connectivity index (χ3n) is 6.74. The molecule has 0 saturated heterocycles. The maximum Gasteiger partial charge on any atom is 0.321 e. The molecule has 0 saturated carbocycles. The molecule has 3 N–H and O–H groups in total. The highest BCUT2D eigenvalue weighted by molar-refractivity contribution is 6.26. The maximum absolute atomic E-state index is 13.8. The van der Waals surface area contributed by atoms with Crippen LogP contribution in [-0.4, -0.2) is 73.0 Å². The number of carbonyl (C=O) groups is 2. The number of allylic oxidation sites excluding steroid dienone is 1. The van der Waals surface area contributed by atoms with Crippen LogP contribution in [0.1, 0.15) is 51.2 Å². The molecule has 2 heterocycles. The Kier molecular flexibility index (Phi) is 11.0. The summed E-state index contributed by atoms with van der Waals surface area (Å²) in [6, 6.07) is 11.6. The predicted octanol–water partition coefficient (Wildman–Crippen LogP) is 6.16. The van der Waals surface area contributed by atoms with Gasteiger partial charge in [-0.1, -0.05) is 38.5 Å². The molecule has 0 atom stereocenters. The largest absolute Gasteiger partial charge is 0.369 e. The molecule has 218 valence electrons. The van der Waals surface area contributed by atoms with Gasteiger partial charge in [-0.3, -0.25) is 9.78 Å². The van der Waals surface area contributed by atoms with Gasteiger partial charge < -0.3 is 25.8 Å². The van der Waals surface area contributed by atoms with E-state index in [0.29, 0.717) is 16.9 Å². The number of amides is 3. The molecule has 41 heavy (non-hydrogen) atoms. The molecule has 0 unspecified atom stereocenters. The minimum Gasteiger partial charge on any atom is -0.369 e. The Morgan fingerprint density at radius 2 is 1.66 bits per heavy atom. The Labute approximate surface area is 244 Å². The van der Waals surface area contributed by atoms with Crippen LogP contribution in [-0.2, 0) is 4.79 Å². The van der Waals surface area contributed by atoms with Gasteiger partial charge in [0.15, 0.2) is 0 Å². The number of anilines is 3. The zero-order valence-corrected chi connectivity index (χ0v) is 25.5. The molecular weight excluding hydrogens is 514 g/mol. The number of carbonyl (C=O) groups excluding carboxylic acids is 2. The number of nitrogens with zero attached hydrogens (tertiary/aromatic N) is 4. The zero-order valence-electron chi connectivity index (χ0n) is 25.5. The number of likely N-dealkylation sites (N-methyl/N-ethyl adjacent to an activating group) is 1. The lowest BCUT2D eigenvalue weighted by atomic mass is 9.87. The number of urea groups is 1. The van der Waals surface area contributed by atoms with E-state index in [1.54, 1.807) is 32.7 Å². The summed E-state index contributed by atoms with van der Waals surface area (Å²) >= 11 is 0. The van der Waals surface area contributed by atoms with Gasteiger partial charge in [-0.2, -0.15) is 0 Å². The molecule has 3 aromatic rings. The molecule has 0 radical (unpaired) electrons. The smallest absolute Gasteiger partial charge is 0.321 e. The lowest BCUT2D eigenvalue weighted by Crippen LogP contribution is -2.27. The molecule has 0 spiro atoms. The lowest BCUT2D eigenvalue weighted by molar-refractivity contribution is -0.111. The van der Waals surface area contributed by atoms with Crippen LogP contribution < -0.4 is 16.0 Å². The topological polar surface area (TPSA) is 102 Å². The maximum atomic E-state index is 13.8. The molecule has 1 aromatic carbocycles. The summed E-state index contributed by atoms with van der Waals surface area (Å²) in [7, 11) is 7.42. The van der Waals surface area contributed by atoms with Crippen LogP contribution in [0.5, 0.6) is 0 Å². The summed E-state index contributed by atoms with van der Waals surface area (Å²) in [4.78, 5) is 38.4. The first-order chi connectivity index (χ1) is 19.5. The monoisotopic (exact) mass is 557 g/mol. The first kappa shape index (κ1) is 31.3. The number of nitrogens with one attached hydrogen (secondary N) is 3. The van der Waals surface area contributed by atoms with E-state index in [4.69, 9.17) is 0 Å². The van der Waals surface area contributed by atoms with Gasteiger partial charge in [0, 0.05) is 44.5 Å². The average Bonchev–Trinajstić information content (AvgIpc) is 2.93. The Bertz CT molecular complexity index is 1380. The number of pyridine rings is 2. The van der Waals surface area contributed by atoms with Crippen molar-refractivity contribution in [3.8, 4) is 11.1 Å². The Hall–Kier alpha value is -4.24. The van der Waals surface area contributed by atoms with Crippen molar-refractivity contribution in [3.05, 3.63) is 71.7 Å². The van der Waals surface area contributed by atoms with Crippen molar-refractivity contribution in [2.45, 2.75) is 40.0 Å². The minimum atomic E-state index is -0.230. The minimum absolute atomic E-state index is 0.177. The van der Waals surface area contributed by atoms with Crippen LogP contribution in [0.2, 0.25) is 0 Å². The quantitative estimate of drug-likeness (QED) is 0.244. The third kappa shape index (κ3) is 8.62. The van der Waals surface area contributed by atoms with Crippen molar-refractivity contribution in [2.24, 2.45) is 0 Å². The van der Waals surface area contributed by atoms with Crippen LogP contribution in [0.3, 0.4) is 0 Å². The second kappa shape index (κ2) is 14.4. The molecule has 0 aliphatic carbocycles. The molecule has 2 aromatic heterocycles. The highest BCUT2D eigenvalue weighted by Crippen LogP contribution is 2.34. The van der Waals surface area contributed by atoms with E-state index in [-0.39, 0.29) is 17.9 Å². The molecule has 9 heteroatoms. The van der Waals surface area contributed by atoms with Crippen molar-refractivity contribution in [2.75, 3.05) is 57.2 Å². The van der Waals surface area contributed by atoms with Crippen LogP contribution in [0.4, 0.5) is 22.0 Å². The molecule has 3 amide bonds. The van der Waals surface area contributed by atoms with Gasteiger partial charge in [0.1, 0.15) is 5.82 Å². The first-order valence-electron chi connectivity index (χ1n) is 13.9. The van der Waals surface area contributed by atoms with Crippen LogP contribution in [0.15, 0.2) is 60.6 Å². The van der Waals surface area contributed by atoms with Crippen LogP contribution in [0.25, 0.3) is 16.7 Å². The first-order valence-corrected chi connectivity index (χ1v) is 13.9. The van der Waals surface area contributed by atoms with E-state index in [0.717, 1.165) is 53.2 Å². The van der Waals surface area contributed by atoms with Crippen molar-refractivity contribution in [1.82, 2.24) is 19.8 Å². The van der Waals surface area contributed by atoms with Crippen molar-refractivity contribution in [1.29, 1.82) is 0 Å². The van der Waals surface area contributed by atoms with Gasteiger partial charge in [0.2, 0.25) is 0 Å². The van der Waals surface area contributed by atoms with E-state index in [2.05, 4.69) is 57.7 Å². The summed E-state index contributed by atoms with van der Waals surface area (Å²) in [6.07, 6.45) is 5.78. The molecule has 0 fully saturated rings. The number of hydrogen-bond acceptors (Lipinski definition) is 6. The van der Waals surface area contributed by atoms with Gasteiger partial charge in [-0.15, -0.1) is 0 Å². The SMILES string of the molecule is CCC(C)=C(C(=O)Nc1ccc(NCCN(C)C)nc1)c1cc(-c2cncc(NC(=O)N(C)C)c2)ccc1C(C)C. The van der Waals surface area contributed by atoms with Gasteiger partial charge in [0.25, 0.3) is 5.91 Å². The van der Waals surface area contributed by atoms with Crippen LogP contribution in [0, 0.1) is 0 Å². The molecule has 9 nitrogen and oxygen atoms in total. The van der Waals surface area contributed by atoms with Gasteiger partial charge in [0.05, 0.1) is 23.8 Å². The van der Waals surface area contributed by atoms with E-state index in [1.165, 1.54) is 4.90 Å². The summed E-state index contributed by atoms with van der Waals surface area (Å²) in [6.45, 7) is 9.98. The fourth-order valence-electron chi connectivity index (χ4n) is 4.25. The normalized spacial score (nSPS) is 11.8. The number of hydrogen-bond donors (Lipinski definition) is 3. The van der Waals surface area contributed by atoms with Crippen molar-refractivity contribution < 1.29 is 9.59 Å². The third-order valence-corrected chi connectivity index (χ3v) is 6.74. The van der Waals surface area contributed by atoms with Gasteiger partial charge in [-0.25, -0.2) is 9.78 Å². The van der Waals surface area contributed by atoms with E-state index >= 15 is 0 Å². The van der Waals surface area contributed by atoms with Crippen LogP contribution >= 0.6 is 0 Å². The molecule has 3 rings (SSSR count). The van der Waals surface area contributed by atoms with Gasteiger partial charge >= 0.3 is 6.03 Å². The fourth-order valence-corrected chi connectivity index (χ4v) is 4.25. The summed E-state index contributed by atoms with van der Waals surface area (Å²) in [5.74, 6) is 0.783. The predicted molar refractivity (Wildman–Crippen MR) is 169 cm³/mol. The second-order valence-electron chi connectivity index (χ2n) is 10.9. The van der Waals surface area contributed by atoms with Crippen molar-refractivity contribution >= 4 is 34.7 Å². The number of rotatable bonds is 11. The molecule has 0 bridgehead atoms. The summed E-state index contributed by atoms with van der Waals surface area (Å²) < 4.78 is 0. The lowest BCUT2D eigenvalue weighted by Gasteiger charge is -2.20. The highest BCUT2D eigenvalue weighted by atomic mass is 16.2. The van der Waals surface area contributed by atoms with E-state index in [1.807, 2.05) is 51.4 Å². The van der Waals surface area contributed by atoms with Gasteiger partial charge in [-0.05, 0) is 74.3 Å². The Morgan fingerprint density at radius 3 is 2.27 bits per heavy atom. The molecule has 0 aliphatic rings. The standard InChI is InChI=1S/C32H43N7O2/c1-9-22(4)30(31(40)36-25-11-13-29(35-20-25)34-14-15-38(5)6)28-17-23(10-12-27(28)21(2)3)24-16-26(19-33-18-24)37-32(41)39(7)8/h10-13,16-21H,9,14-15H2,1-8H3,(H,34,35)(H,36,40)(H,37,41). The molecule has 0 aliphatic heterocycles. The number of aromatic nitrogens is 2. The second-order valence-corrected chi connectivity index (χ2v) is 10.9. The molecular formula is C32H43N7O2. The highest BCUT2D eigenvalue weighted by Gasteiger charge is 2.21. The Morgan fingerprint density at radius 1 is 0.902 bits per heavy atom. The van der Waals surface area contributed by atoms with E-state index in [9.17, 15) is 9.59 Å². The van der Waals surface area contributed by atoms with Crippen molar-refractivity contribution in [3.63, 3.8) is 0 Å². The fraction of sp³-hybridized carbons (Fsp3) is 0.375. The Balaban J connectivity index is 1.95. The zero-order chi connectivity index (χ0) is 30.1. The van der Waals surface area contributed by atoms with E-state index < -0.39 is 0 Å². The summed E-state index contributed by atoms with van der Waals surface area (Å²) in [5, 5.41) is 9.20.